The van der Waals surface area contributed by atoms with Crippen LogP contribution in [0.4, 0.5) is 8.78 Å². The molecule has 0 fully saturated rings. The number of benzene rings is 1. The molecule has 1 aromatic carbocycles. The molecule has 0 saturated heterocycles. The molecule has 0 aliphatic heterocycles. The molecule has 2 aromatic heterocycles. The molecule has 0 unspecified atom stereocenters. The van der Waals surface area contributed by atoms with Crippen molar-refractivity contribution in [2.75, 3.05) is 0 Å². The normalized spacial score (nSPS) is 11.4. The number of hydrogen-bond acceptors (Lipinski definition) is 2. The van der Waals surface area contributed by atoms with Gasteiger partial charge in [-0.2, -0.15) is 0 Å². The zero-order valence-corrected chi connectivity index (χ0v) is 11.4. The third kappa shape index (κ3) is 2.06. The van der Waals surface area contributed by atoms with E-state index in [0.717, 1.165) is 11.9 Å². The molecule has 0 aliphatic carbocycles. The van der Waals surface area contributed by atoms with Gasteiger partial charge in [-0.3, -0.25) is 0 Å². The van der Waals surface area contributed by atoms with Gasteiger partial charge < -0.3 is 9.13 Å². The van der Waals surface area contributed by atoms with E-state index in [1.165, 1.54) is 6.07 Å². The van der Waals surface area contributed by atoms with Crippen LogP contribution in [0.25, 0.3) is 11.0 Å². The fourth-order valence-electron chi connectivity index (χ4n) is 2.17. The summed E-state index contributed by atoms with van der Waals surface area (Å²) >= 11 is 5.85. The Balaban J connectivity index is 2.20. The van der Waals surface area contributed by atoms with Crippen LogP contribution in [0.5, 0.6) is 0 Å². The number of nitrogens with zero attached hydrogens (tertiary/aromatic N) is 4. The van der Waals surface area contributed by atoms with Crippen molar-refractivity contribution in [3.8, 4) is 0 Å². The van der Waals surface area contributed by atoms with Crippen molar-refractivity contribution in [3.63, 3.8) is 0 Å². The summed E-state index contributed by atoms with van der Waals surface area (Å²) in [7, 11) is 1.85. The molecule has 0 amide bonds. The first kappa shape index (κ1) is 13.1. The third-order valence-corrected chi connectivity index (χ3v) is 3.43. The van der Waals surface area contributed by atoms with Crippen LogP contribution in [-0.2, 0) is 19.5 Å². The van der Waals surface area contributed by atoms with E-state index in [1.807, 2.05) is 11.6 Å². The molecule has 4 nitrogen and oxygen atoms in total. The van der Waals surface area contributed by atoms with Gasteiger partial charge in [0.05, 0.1) is 17.9 Å². The van der Waals surface area contributed by atoms with E-state index in [2.05, 4.69) is 9.97 Å². The van der Waals surface area contributed by atoms with Crippen molar-refractivity contribution >= 4 is 22.6 Å². The van der Waals surface area contributed by atoms with Gasteiger partial charge in [0.1, 0.15) is 23.0 Å². The molecule has 0 atom stereocenters. The molecular formula is C13H11ClF2N4. The molecule has 0 bridgehead atoms. The molecule has 0 N–H and O–H groups in total. The van der Waals surface area contributed by atoms with Gasteiger partial charge in [-0.1, -0.05) is 0 Å². The predicted octanol–water partition coefficient (Wildman–Crippen LogP) is 2.84. The van der Waals surface area contributed by atoms with Crippen LogP contribution < -0.4 is 0 Å². The van der Waals surface area contributed by atoms with Crippen LogP contribution in [0.1, 0.15) is 11.6 Å². The third-order valence-electron chi connectivity index (χ3n) is 3.19. The standard InChI is InChI=1S/C13H11ClF2N4/c1-19-3-2-17-12(19)7-20-10-5-8(15)4-9(16)13(10)18-11(20)6-14/h2-5H,6-7H2,1H3. The lowest BCUT2D eigenvalue weighted by Gasteiger charge is -2.07. The van der Waals surface area contributed by atoms with E-state index in [-0.39, 0.29) is 11.4 Å². The Morgan fingerprint density at radius 1 is 1.25 bits per heavy atom. The number of imidazole rings is 2. The fraction of sp³-hybridized carbons (Fsp3) is 0.231. The second-order valence-corrected chi connectivity index (χ2v) is 4.72. The molecule has 0 saturated carbocycles. The van der Waals surface area contributed by atoms with Gasteiger partial charge in [0.2, 0.25) is 0 Å². The van der Waals surface area contributed by atoms with Crippen molar-refractivity contribution in [2.24, 2.45) is 7.05 Å². The van der Waals surface area contributed by atoms with E-state index < -0.39 is 11.6 Å². The lowest BCUT2D eigenvalue weighted by molar-refractivity contribution is 0.590. The lowest BCUT2D eigenvalue weighted by Crippen LogP contribution is -2.08. The maximum Gasteiger partial charge on any atom is 0.153 e. The van der Waals surface area contributed by atoms with Gasteiger partial charge >= 0.3 is 0 Å². The molecule has 2 heterocycles. The first-order valence-electron chi connectivity index (χ1n) is 5.96. The van der Waals surface area contributed by atoms with Crippen LogP contribution in [0.3, 0.4) is 0 Å². The Morgan fingerprint density at radius 2 is 2.05 bits per heavy atom. The Bertz CT molecular complexity index is 778. The number of rotatable bonds is 3. The summed E-state index contributed by atoms with van der Waals surface area (Å²) in [4.78, 5) is 8.34. The van der Waals surface area contributed by atoms with E-state index in [0.29, 0.717) is 17.9 Å². The minimum atomic E-state index is -0.690. The molecule has 0 radical (unpaired) electrons. The maximum absolute atomic E-state index is 13.8. The fourth-order valence-corrected chi connectivity index (χ4v) is 2.37. The Kier molecular flexibility index (Phi) is 3.17. The topological polar surface area (TPSA) is 35.6 Å². The highest BCUT2D eigenvalue weighted by molar-refractivity contribution is 6.16. The van der Waals surface area contributed by atoms with Crippen molar-refractivity contribution in [2.45, 2.75) is 12.4 Å². The average molecular weight is 297 g/mol. The van der Waals surface area contributed by atoms with Gasteiger partial charge in [-0.15, -0.1) is 11.6 Å². The molecule has 20 heavy (non-hydrogen) atoms. The zero-order valence-electron chi connectivity index (χ0n) is 10.6. The summed E-state index contributed by atoms with van der Waals surface area (Å²) in [5.74, 6) is 0.0109. The number of halogens is 3. The molecular weight excluding hydrogens is 286 g/mol. The molecule has 0 aliphatic rings. The van der Waals surface area contributed by atoms with Crippen molar-refractivity contribution in [1.29, 1.82) is 0 Å². The van der Waals surface area contributed by atoms with Gasteiger partial charge in [-0.25, -0.2) is 18.7 Å². The first-order valence-corrected chi connectivity index (χ1v) is 6.50. The highest BCUT2D eigenvalue weighted by Crippen LogP contribution is 2.22. The van der Waals surface area contributed by atoms with Crippen molar-refractivity contribution < 1.29 is 8.78 Å². The maximum atomic E-state index is 13.8. The zero-order chi connectivity index (χ0) is 14.3. The minimum absolute atomic E-state index is 0.111. The average Bonchev–Trinajstić information content (AvgIpc) is 2.95. The smallest absolute Gasteiger partial charge is 0.153 e. The number of alkyl halides is 1. The largest absolute Gasteiger partial charge is 0.337 e. The summed E-state index contributed by atoms with van der Waals surface area (Å²) in [5, 5.41) is 0. The summed E-state index contributed by atoms with van der Waals surface area (Å²) in [5.41, 5.74) is 0.498. The predicted molar refractivity (Wildman–Crippen MR) is 71.5 cm³/mol. The number of aromatic nitrogens is 4. The molecule has 0 spiro atoms. The second-order valence-electron chi connectivity index (χ2n) is 4.46. The SMILES string of the molecule is Cn1ccnc1Cn1c(CCl)nc2c(F)cc(F)cc21. The molecule has 3 aromatic rings. The van der Waals surface area contributed by atoms with Crippen LogP contribution >= 0.6 is 11.6 Å². The van der Waals surface area contributed by atoms with E-state index in [9.17, 15) is 8.78 Å². The quantitative estimate of drug-likeness (QED) is 0.697. The highest BCUT2D eigenvalue weighted by Gasteiger charge is 2.16. The summed E-state index contributed by atoms with van der Waals surface area (Å²) in [6, 6.07) is 2.07. The van der Waals surface area contributed by atoms with Gasteiger partial charge in [0, 0.05) is 25.5 Å². The van der Waals surface area contributed by atoms with Crippen LogP contribution in [0.2, 0.25) is 0 Å². The molecule has 3 rings (SSSR count). The first-order chi connectivity index (χ1) is 9.60. The number of aryl methyl sites for hydroxylation is 1. The Morgan fingerprint density at radius 3 is 2.70 bits per heavy atom. The van der Waals surface area contributed by atoms with E-state index in [4.69, 9.17) is 11.6 Å². The Labute approximate surface area is 118 Å². The van der Waals surface area contributed by atoms with E-state index in [1.54, 1.807) is 17.0 Å². The summed E-state index contributed by atoms with van der Waals surface area (Å²) in [6.07, 6.45) is 3.46. The monoisotopic (exact) mass is 296 g/mol. The van der Waals surface area contributed by atoms with Crippen molar-refractivity contribution in [1.82, 2.24) is 19.1 Å². The Hall–Kier alpha value is -1.95. The summed E-state index contributed by atoms with van der Waals surface area (Å²) in [6.45, 7) is 0.352. The molecule has 104 valence electrons. The van der Waals surface area contributed by atoms with Gasteiger partial charge in [-0.05, 0) is 6.07 Å². The van der Waals surface area contributed by atoms with Crippen LogP contribution in [-0.4, -0.2) is 19.1 Å². The van der Waals surface area contributed by atoms with Gasteiger partial charge in [0.25, 0.3) is 0 Å². The van der Waals surface area contributed by atoms with Crippen LogP contribution in [0, 0.1) is 11.6 Å². The van der Waals surface area contributed by atoms with Crippen molar-refractivity contribution in [3.05, 3.63) is 47.8 Å². The highest BCUT2D eigenvalue weighted by atomic mass is 35.5. The van der Waals surface area contributed by atoms with E-state index >= 15 is 0 Å². The minimum Gasteiger partial charge on any atom is -0.337 e. The second kappa shape index (κ2) is 4.86. The van der Waals surface area contributed by atoms with Crippen LogP contribution in [0.15, 0.2) is 24.5 Å². The number of hydrogen-bond donors (Lipinski definition) is 0. The van der Waals surface area contributed by atoms with Gasteiger partial charge in [0.15, 0.2) is 5.82 Å². The molecule has 7 heteroatoms. The number of fused-ring (bicyclic) bond motifs is 1. The lowest BCUT2D eigenvalue weighted by atomic mass is 10.3. The summed E-state index contributed by atoms with van der Waals surface area (Å²) < 4.78 is 30.7.